The molecule has 2 bridgehead atoms. The first-order valence-corrected chi connectivity index (χ1v) is 8.25. The van der Waals surface area contributed by atoms with Crippen LogP contribution in [0.3, 0.4) is 0 Å². The Kier molecular flexibility index (Phi) is 3.56. The molecule has 24 heavy (non-hydrogen) atoms. The molecule has 3 atom stereocenters. The topological polar surface area (TPSA) is 63.5 Å². The van der Waals surface area contributed by atoms with E-state index in [1.54, 1.807) is 24.3 Å². The third kappa shape index (κ3) is 2.37. The van der Waals surface area contributed by atoms with Crippen molar-refractivity contribution in [1.82, 2.24) is 0 Å². The van der Waals surface area contributed by atoms with Crippen molar-refractivity contribution in [2.75, 3.05) is 4.90 Å². The molecule has 1 saturated carbocycles. The molecule has 5 nitrogen and oxygen atoms in total. The number of hydrogen-bond donors (Lipinski definition) is 0. The number of carbonyl (C=O) groups is 1. The second kappa shape index (κ2) is 5.74. The Bertz CT molecular complexity index is 773. The number of Topliss-reactive ketones (excluding diaryl/α,β-unsaturated/α-hetero) is 1. The van der Waals surface area contributed by atoms with Crippen molar-refractivity contribution in [3.05, 3.63) is 70.3 Å². The van der Waals surface area contributed by atoms with Gasteiger partial charge in [-0.15, -0.1) is 0 Å². The third-order valence-corrected chi connectivity index (χ3v) is 5.24. The van der Waals surface area contributed by atoms with Gasteiger partial charge in [-0.05, 0) is 30.5 Å². The first-order valence-electron chi connectivity index (χ1n) is 8.25. The molecule has 5 heteroatoms. The number of anilines is 1. The van der Waals surface area contributed by atoms with E-state index in [-0.39, 0.29) is 28.6 Å². The lowest BCUT2D eigenvalue weighted by molar-refractivity contribution is -0.384. The predicted octanol–water partition coefficient (Wildman–Crippen LogP) is 3.89. The highest BCUT2D eigenvalue weighted by atomic mass is 16.6. The molecule has 122 valence electrons. The molecule has 1 aliphatic carbocycles. The van der Waals surface area contributed by atoms with E-state index >= 15 is 0 Å². The summed E-state index contributed by atoms with van der Waals surface area (Å²) >= 11 is 0. The molecular formula is C19H18N2O3. The standard InChI is InChI=1S/C19H18N2O3/c22-18-12-16-10-11-17(18)19(13-4-2-1-3-5-13)20(16)14-6-8-15(9-7-14)21(23)24/h1-9,16-17,19H,10-12H2/t16-,17+,19+/m1/s1. The number of benzene rings is 2. The smallest absolute Gasteiger partial charge is 0.269 e. The van der Waals surface area contributed by atoms with Crippen molar-refractivity contribution in [2.24, 2.45) is 5.92 Å². The van der Waals surface area contributed by atoms with Gasteiger partial charge in [-0.1, -0.05) is 30.3 Å². The average Bonchev–Trinajstić information content (AvgIpc) is 2.62. The molecule has 2 heterocycles. The lowest BCUT2D eigenvalue weighted by Crippen LogP contribution is -2.54. The van der Waals surface area contributed by atoms with Gasteiger partial charge in [-0.2, -0.15) is 0 Å². The molecule has 3 aliphatic rings. The number of rotatable bonds is 3. The lowest BCUT2D eigenvalue weighted by atomic mass is 9.71. The fourth-order valence-corrected chi connectivity index (χ4v) is 4.17. The van der Waals surface area contributed by atoms with Crippen LogP contribution in [0.15, 0.2) is 54.6 Å². The fourth-order valence-electron chi connectivity index (χ4n) is 4.17. The largest absolute Gasteiger partial charge is 0.360 e. The van der Waals surface area contributed by atoms with Crippen molar-refractivity contribution in [2.45, 2.75) is 31.3 Å². The summed E-state index contributed by atoms with van der Waals surface area (Å²) in [5.41, 5.74) is 2.18. The summed E-state index contributed by atoms with van der Waals surface area (Å²) in [4.78, 5) is 25.3. The molecule has 2 aliphatic heterocycles. The Morgan fingerprint density at radius 1 is 1.00 bits per heavy atom. The van der Waals surface area contributed by atoms with Crippen LogP contribution in [-0.2, 0) is 4.79 Å². The SMILES string of the molecule is O=C1C[C@H]2CC[C@@H]1[C@H](c1ccccc1)N2c1ccc([N+](=O)[O-])cc1. The van der Waals surface area contributed by atoms with Gasteiger partial charge in [-0.3, -0.25) is 14.9 Å². The summed E-state index contributed by atoms with van der Waals surface area (Å²) in [6.45, 7) is 0. The zero-order valence-electron chi connectivity index (χ0n) is 13.2. The maximum atomic E-state index is 12.4. The van der Waals surface area contributed by atoms with Gasteiger partial charge < -0.3 is 4.90 Å². The Morgan fingerprint density at radius 3 is 2.33 bits per heavy atom. The number of nitrogens with zero attached hydrogens (tertiary/aromatic N) is 2. The van der Waals surface area contributed by atoms with E-state index in [0.717, 1.165) is 24.1 Å². The van der Waals surface area contributed by atoms with E-state index in [2.05, 4.69) is 17.0 Å². The van der Waals surface area contributed by atoms with Gasteiger partial charge in [0.1, 0.15) is 5.78 Å². The molecule has 0 radical (unpaired) electrons. The number of piperidine rings is 2. The van der Waals surface area contributed by atoms with Crippen LogP contribution in [0.2, 0.25) is 0 Å². The summed E-state index contributed by atoms with van der Waals surface area (Å²) in [5, 5.41) is 10.9. The highest BCUT2D eigenvalue weighted by molar-refractivity contribution is 5.86. The van der Waals surface area contributed by atoms with E-state index in [0.29, 0.717) is 12.2 Å². The minimum atomic E-state index is -0.385. The Labute approximate surface area is 140 Å². The number of nitro groups is 1. The molecule has 2 saturated heterocycles. The van der Waals surface area contributed by atoms with Gasteiger partial charge in [0.05, 0.1) is 11.0 Å². The summed E-state index contributed by atoms with van der Waals surface area (Å²) in [6.07, 6.45) is 2.49. The highest BCUT2D eigenvalue weighted by Crippen LogP contribution is 2.47. The number of fused-ring (bicyclic) bond motifs is 3. The molecule has 0 N–H and O–H groups in total. The molecule has 0 aromatic heterocycles. The quantitative estimate of drug-likeness (QED) is 0.635. The number of hydrogen-bond acceptors (Lipinski definition) is 4. The molecule has 0 spiro atoms. The first kappa shape index (κ1) is 14.9. The lowest BCUT2D eigenvalue weighted by Gasteiger charge is -2.52. The minimum absolute atomic E-state index is 0.00703. The zero-order chi connectivity index (χ0) is 16.7. The van der Waals surface area contributed by atoms with Crippen LogP contribution in [0.25, 0.3) is 0 Å². The fraction of sp³-hybridized carbons (Fsp3) is 0.316. The molecular weight excluding hydrogens is 304 g/mol. The molecule has 2 aromatic rings. The van der Waals surface area contributed by atoms with Crippen molar-refractivity contribution < 1.29 is 9.72 Å². The monoisotopic (exact) mass is 322 g/mol. The Balaban J connectivity index is 1.76. The first-order chi connectivity index (χ1) is 11.6. The van der Waals surface area contributed by atoms with Crippen molar-refractivity contribution in [1.29, 1.82) is 0 Å². The number of ketones is 1. The van der Waals surface area contributed by atoms with Gasteiger partial charge in [-0.25, -0.2) is 0 Å². The summed E-state index contributed by atoms with van der Waals surface area (Å²) in [5.74, 6) is 0.353. The van der Waals surface area contributed by atoms with Gasteiger partial charge in [0, 0.05) is 36.2 Å². The van der Waals surface area contributed by atoms with Crippen molar-refractivity contribution in [3.8, 4) is 0 Å². The van der Waals surface area contributed by atoms with E-state index in [1.165, 1.54) is 0 Å². The molecule has 2 aromatic carbocycles. The van der Waals surface area contributed by atoms with Gasteiger partial charge in [0.25, 0.3) is 5.69 Å². The molecule has 0 unspecified atom stereocenters. The van der Waals surface area contributed by atoms with Crippen LogP contribution in [0.1, 0.15) is 30.9 Å². The van der Waals surface area contributed by atoms with Crippen LogP contribution in [0.5, 0.6) is 0 Å². The summed E-state index contributed by atoms with van der Waals surface area (Å²) in [6, 6.07) is 17.0. The third-order valence-electron chi connectivity index (χ3n) is 5.24. The minimum Gasteiger partial charge on any atom is -0.360 e. The van der Waals surface area contributed by atoms with Crippen molar-refractivity contribution >= 4 is 17.2 Å². The molecule has 0 amide bonds. The zero-order valence-corrected chi connectivity index (χ0v) is 13.2. The van der Waals surface area contributed by atoms with Crippen molar-refractivity contribution in [3.63, 3.8) is 0 Å². The molecule has 3 fully saturated rings. The predicted molar refractivity (Wildman–Crippen MR) is 90.9 cm³/mol. The summed E-state index contributed by atoms with van der Waals surface area (Å²) in [7, 11) is 0. The maximum Gasteiger partial charge on any atom is 0.269 e. The van der Waals surface area contributed by atoms with Gasteiger partial charge in [0.2, 0.25) is 0 Å². The Hall–Kier alpha value is -2.69. The van der Waals surface area contributed by atoms with E-state index in [4.69, 9.17) is 0 Å². The summed E-state index contributed by atoms with van der Waals surface area (Å²) < 4.78 is 0. The van der Waals surface area contributed by atoms with Crippen LogP contribution in [-0.4, -0.2) is 16.7 Å². The molecule has 5 rings (SSSR count). The van der Waals surface area contributed by atoms with Crippen LogP contribution in [0.4, 0.5) is 11.4 Å². The van der Waals surface area contributed by atoms with E-state index < -0.39 is 0 Å². The second-order valence-corrected chi connectivity index (χ2v) is 6.54. The van der Waals surface area contributed by atoms with E-state index in [1.807, 2.05) is 18.2 Å². The van der Waals surface area contributed by atoms with E-state index in [9.17, 15) is 14.9 Å². The number of carbonyl (C=O) groups excluding carboxylic acids is 1. The van der Waals surface area contributed by atoms with Crippen LogP contribution >= 0.6 is 0 Å². The highest BCUT2D eigenvalue weighted by Gasteiger charge is 2.47. The number of non-ortho nitro benzene ring substituents is 1. The number of nitro benzene ring substituents is 1. The second-order valence-electron chi connectivity index (χ2n) is 6.54. The average molecular weight is 322 g/mol. The van der Waals surface area contributed by atoms with Gasteiger partial charge in [0.15, 0.2) is 0 Å². The normalized spacial score (nSPS) is 25.8. The Morgan fingerprint density at radius 2 is 1.71 bits per heavy atom. The van der Waals surface area contributed by atoms with Crippen LogP contribution < -0.4 is 4.90 Å². The maximum absolute atomic E-state index is 12.4. The van der Waals surface area contributed by atoms with Gasteiger partial charge >= 0.3 is 0 Å². The van der Waals surface area contributed by atoms with Crippen LogP contribution in [0, 0.1) is 16.0 Å².